The number of hydrogen-bond acceptors (Lipinski definition) is 6. The molecule has 3 heterocycles. The highest BCUT2D eigenvalue weighted by molar-refractivity contribution is 6.05. The van der Waals surface area contributed by atoms with Crippen LogP contribution in [0.4, 0.5) is 0 Å². The van der Waals surface area contributed by atoms with E-state index in [-0.39, 0.29) is 18.2 Å². The molecule has 144 valence electrons. The summed E-state index contributed by atoms with van der Waals surface area (Å²) in [5, 5.41) is 15.7. The summed E-state index contributed by atoms with van der Waals surface area (Å²) >= 11 is 0. The second-order valence-electron chi connectivity index (χ2n) is 7.85. The van der Waals surface area contributed by atoms with Gasteiger partial charge >= 0.3 is 0 Å². The molecule has 3 aliphatic rings. The SMILES string of the molecule is CN(Cc1cccc2c1C(=O)N(C1CCC(=O)NC1=O)C2)CC1(O)CNC1. The maximum atomic E-state index is 13.1. The normalized spacial score (nSPS) is 24.0. The van der Waals surface area contributed by atoms with Crippen molar-refractivity contribution in [3.63, 3.8) is 0 Å². The molecule has 0 aliphatic carbocycles. The molecule has 0 aromatic heterocycles. The highest BCUT2D eigenvalue weighted by Crippen LogP contribution is 2.30. The molecule has 1 unspecified atom stereocenters. The molecule has 2 fully saturated rings. The molecule has 0 spiro atoms. The molecule has 0 radical (unpaired) electrons. The van der Waals surface area contributed by atoms with E-state index in [0.29, 0.717) is 44.7 Å². The lowest BCUT2D eigenvalue weighted by Crippen LogP contribution is -2.64. The number of aliphatic hydroxyl groups is 1. The number of rotatable bonds is 5. The third-order valence-electron chi connectivity index (χ3n) is 5.55. The minimum absolute atomic E-state index is 0.160. The van der Waals surface area contributed by atoms with Crippen molar-refractivity contribution in [3.8, 4) is 0 Å². The zero-order valence-electron chi connectivity index (χ0n) is 15.3. The van der Waals surface area contributed by atoms with E-state index in [0.717, 1.165) is 11.1 Å². The first-order chi connectivity index (χ1) is 12.9. The first kappa shape index (κ1) is 18.1. The van der Waals surface area contributed by atoms with E-state index >= 15 is 0 Å². The van der Waals surface area contributed by atoms with Gasteiger partial charge in [-0.3, -0.25) is 24.6 Å². The van der Waals surface area contributed by atoms with E-state index < -0.39 is 17.6 Å². The number of amides is 3. The van der Waals surface area contributed by atoms with Gasteiger partial charge in [0.1, 0.15) is 11.6 Å². The van der Waals surface area contributed by atoms with Crippen LogP contribution >= 0.6 is 0 Å². The summed E-state index contributed by atoms with van der Waals surface area (Å²) in [5.41, 5.74) is 1.73. The van der Waals surface area contributed by atoms with Crippen molar-refractivity contribution in [2.45, 2.75) is 37.6 Å². The van der Waals surface area contributed by atoms with Crippen LogP contribution < -0.4 is 10.6 Å². The molecular formula is C19H24N4O4. The number of imide groups is 1. The Morgan fingerprint density at radius 2 is 2.07 bits per heavy atom. The fourth-order valence-electron chi connectivity index (χ4n) is 4.20. The fraction of sp³-hybridized carbons (Fsp3) is 0.526. The Morgan fingerprint density at radius 1 is 1.30 bits per heavy atom. The number of β-amino-alcohol motifs (C(OH)–C–C–N with tert-alkyl or cyclic N) is 1. The smallest absolute Gasteiger partial charge is 0.255 e. The predicted octanol–water partition coefficient (Wildman–Crippen LogP) is -0.786. The zero-order chi connectivity index (χ0) is 19.2. The number of carbonyl (C=O) groups excluding carboxylic acids is 3. The monoisotopic (exact) mass is 372 g/mol. The summed E-state index contributed by atoms with van der Waals surface area (Å²) in [7, 11) is 1.92. The van der Waals surface area contributed by atoms with Crippen molar-refractivity contribution in [1.82, 2.24) is 20.4 Å². The van der Waals surface area contributed by atoms with E-state index in [1.807, 2.05) is 30.1 Å². The number of hydrogen-bond donors (Lipinski definition) is 3. The Balaban J connectivity index is 1.51. The van der Waals surface area contributed by atoms with Crippen molar-refractivity contribution in [2.75, 3.05) is 26.7 Å². The summed E-state index contributed by atoms with van der Waals surface area (Å²) in [5.74, 6) is -0.843. The molecule has 1 aromatic rings. The average Bonchev–Trinajstić information content (AvgIpc) is 2.91. The molecule has 2 saturated heterocycles. The van der Waals surface area contributed by atoms with Crippen LogP contribution in [0.15, 0.2) is 18.2 Å². The predicted molar refractivity (Wildman–Crippen MR) is 96.6 cm³/mol. The molecule has 0 bridgehead atoms. The van der Waals surface area contributed by atoms with Crippen LogP contribution in [0.3, 0.4) is 0 Å². The third kappa shape index (κ3) is 3.36. The van der Waals surface area contributed by atoms with Gasteiger partial charge in [0.15, 0.2) is 0 Å². The lowest BCUT2D eigenvalue weighted by atomic mass is 9.96. The zero-order valence-corrected chi connectivity index (χ0v) is 15.3. The van der Waals surface area contributed by atoms with Gasteiger partial charge in [0, 0.05) is 44.7 Å². The summed E-state index contributed by atoms with van der Waals surface area (Å²) in [6, 6.07) is 5.15. The maximum absolute atomic E-state index is 13.1. The van der Waals surface area contributed by atoms with Gasteiger partial charge in [0.05, 0.1) is 0 Å². The average molecular weight is 372 g/mol. The van der Waals surface area contributed by atoms with Crippen molar-refractivity contribution in [2.24, 2.45) is 0 Å². The van der Waals surface area contributed by atoms with Gasteiger partial charge in [0.25, 0.3) is 5.91 Å². The third-order valence-corrected chi connectivity index (χ3v) is 5.55. The lowest BCUT2D eigenvalue weighted by molar-refractivity contribution is -0.136. The molecule has 8 nitrogen and oxygen atoms in total. The van der Waals surface area contributed by atoms with Crippen LogP contribution in [0, 0.1) is 0 Å². The number of fused-ring (bicyclic) bond motifs is 1. The first-order valence-electron chi connectivity index (χ1n) is 9.23. The molecule has 8 heteroatoms. The quantitative estimate of drug-likeness (QED) is 0.586. The fourth-order valence-corrected chi connectivity index (χ4v) is 4.20. The summed E-state index contributed by atoms with van der Waals surface area (Å²) in [4.78, 5) is 40.2. The second kappa shape index (κ2) is 6.70. The minimum Gasteiger partial charge on any atom is -0.386 e. The number of benzene rings is 1. The van der Waals surface area contributed by atoms with Crippen LogP contribution in [0.25, 0.3) is 0 Å². The molecule has 27 heavy (non-hydrogen) atoms. The molecular weight excluding hydrogens is 348 g/mol. The Kier molecular flexibility index (Phi) is 4.49. The van der Waals surface area contributed by atoms with Crippen LogP contribution in [-0.4, -0.2) is 71.0 Å². The highest BCUT2D eigenvalue weighted by atomic mass is 16.3. The van der Waals surface area contributed by atoms with E-state index in [9.17, 15) is 19.5 Å². The summed E-state index contributed by atoms with van der Waals surface area (Å²) in [6.45, 7) is 2.60. The summed E-state index contributed by atoms with van der Waals surface area (Å²) < 4.78 is 0. The van der Waals surface area contributed by atoms with Crippen LogP contribution in [0.1, 0.15) is 34.3 Å². The standard InChI is InChI=1S/C19H24N4O4/c1-22(11-19(27)9-20-10-19)7-12-3-2-4-13-8-23(18(26)16(12)13)14-5-6-15(24)21-17(14)25/h2-4,14,20,27H,5-11H2,1H3,(H,21,24,25). The van der Waals surface area contributed by atoms with Gasteiger partial charge in [-0.15, -0.1) is 0 Å². The number of carbonyl (C=O) groups is 3. The molecule has 3 amide bonds. The number of likely N-dealkylation sites (N-methyl/N-ethyl adjacent to an activating group) is 1. The number of nitrogens with zero attached hydrogens (tertiary/aromatic N) is 2. The Hall–Kier alpha value is -2.29. The van der Waals surface area contributed by atoms with Crippen LogP contribution in [0.5, 0.6) is 0 Å². The second-order valence-corrected chi connectivity index (χ2v) is 7.85. The van der Waals surface area contributed by atoms with Crippen molar-refractivity contribution in [3.05, 3.63) is 34.9 Å². The van der Waals surface area contributed by atoms with Crippen LogP contribution in [0.2, 0.25) is 0 Å². The Labute approximate surface area is 157 Å². The number of nitrogens with one attached hydrogen (secondary N) is 2. The van der Waals surface area contributed by atoms with E-state index in [4.69, 9.17) is 0 Å². The lowest BCUT2D eigenvalue weighted by Gasteiger charge is -2.40. The van der Waals surface area contributed by atoms with Gasteiger partial charge < -0.3 is 15.3 Å². The molecule has 3 aliphatic heterocycles. The topological polar surface area (TPSA) is 102 Å². The van der Waals surface area contributed by atoms with Crippen LogP contribution in [-0.2, 0) is 22.7 Å². The highest BCUT2D eigenvalue weighted by Gasteiger charge is 2.40. The van der Waals surface area contributed by atoms with E-state index in [1.54, 1.807) is 4.90 Å². The molecule has 0 saturated carbocycles. The molecule has 1 aromatic carbocycles. The first-order valence-corrected chi connectivity index (χ1v) is 9.23. The van der Waals surface area contributed by atoms with Gasteiger partial charge in [0.2, 0.25) is 11.8 Å². The maximum Gasteiger partial charge on any atom is 0.255 e. The van der Waals surface area contributed by atoms with Crippen molar-refractivity contribution in [1.29, 1.82) is 0 Å². The largest absolute Gasteiger partial charge is 0.386 e. The molecule has 4 rings (SSSR count). The number of piperidine rings is 1. The van der Waals surface area contributed by atoms with Gasteiger partial charge in [-0.1, -0.05) is 18.2 Å². The summed E-state index contributed by atoms with van der Waals surface area (Å²) in [6.07, 6.45) is 0.610. The van der Waals surface area contributed by atoms with E-state index in [1.165, 1.54) is 0 Å². The van der Waals surface area contributed by atoms with E-state index in [2.05, 4.69) is 10.6 Å². The van der Waals surface area contributed by atoms with Gasteiger partial charge in [-0.2, -0.15) is 0 Å². The van der Waals surface area contributed by atoms with Crippen molar-refractivity contribution >= 4 is 17.7 Å². The Bertz CT molecular complexity index is 805. The Morgan fingerprint density at radius 3 is 2.74 bits per heavy atom. The van der Waals surface area contributed by atoms with Crippen molar-refractivity contribution < 1.29 is 19.5 Å². The van der Waals surface area contributed by atoms with Gasteiger partial charge in [-0.25, -0.2) is 0 Å². The molecule has 3 N–H and O–H groups in total. The minimum atomic E-state index is -0.713. The molecule has 1 atom stereocenters. The van der Waals surface area contributed by atoms with Gasteiger partial charge in [-0.05, 0) is 24.6 Å².